The molecule has 0 aromatic carbocycles. The van der Waals surface area contributed by atoms with Gasteiger partial charge in [-0.05, 0) is 25.0 Å². The summed E-state index contributed by atoms with van der Waals surface area (Å²) in [6.07, 6.45) is 3.98. The summed E-state index contributed by atoms with van der Waals surface area (Å²) in [7, 11) is 0. The van der Waals surface area contributed by atoms with Gasteiger partial charge in [-0.1, -0.05) is 6.07 Å². The molecule has 1 N–H and O–H groups in total. The van der Waals surface area contributed by atoms with E-state index in [2.05, 4.69) is 10.3 Å². The molecule has 1 aliphatic heterocycles. The van der Waals surface area contributed by atoms with E-state index in [0.717, 1.165) is 31.7 Å². The fourth-order valence-corrected chi connectivity index (χ4v) is 1.71. The summed E-state index contributed by atoms with van der Waals surface area (Å²) in [4.78, 5) is 17.6. The highest BCUT2D eigenvalue weighted by molar-refractivity contribution is 5.80. The molecular formula is C11H15N3O. The van der Waals surface area contributed by atoms with Gasteiger partial charge in [-0.3, -0.25) is 4.79 Å². The first kappa shape index (κ1) is 9.96. The molecule has 1 amide bonds. The number of amides is 1. The first-order valence-electron chi connectivity index (χ1n) is 5.29. The van der Waals surface area contributed by atoms with Crippen molar-refractivity contribution < 1.29 is 4.79 Å². The van der Waals surface area contributed by atoms with Crippen LogP contribution < -0.4 is 5.32 Å². The first-order chi connectivity index (χ1) is 7.36. The van der Waals surface area contributed by atoms with Crippen LogP contribution in [0.25, 0.3) is 0 Å². The van der Waals surface area contributed by atoms with E-state index in [1.54, 1.807) is 6.20 Å². The Labute approximate surface area is 89.3 Å². The zero-order chi connectivity index (χ0) is 10.5. The third kappa shape index (κ3) is 2.68. The van der Waals surface area contributed by atoms with E-state index >= 15 is 0 Å². The topological polar surface area (TPSA) is 45.2 Å². The van der Waals surface area contributed by atoms with Crippen molar-refractivity contribution in [2.45, 2.75) is 12.8 Å². The maximum Gasteiger partial charge on any atom is 0.241 e. The zero-order valence-corrected chi connectivity index (χ0v) is 8.65. The van der Waals surface area contributed by atoms with Crippen LogP contribution in [0, 0.1) is 0 Å². The van der Waals surface area contributed by atoms with Gasteiger partial charge >= 0.3 is 0 Å². The molecule has 0 atom stereocenters. The average Bonchev–Trinajstić information content (AvgIpc) is 2.81. The Bertz CT molecular complexity index is 320. The Morgan fingerprint density at radius 3 is 2.87 bits per heavy atom. The number of carbonyl (C=O) groups is 1. The van der Waals surface area contributed by atoms with Crippen LogP contribution in [0.4, 0.5) is 5.82 Å². The van der Waals surface area contributed by atoms with Crippen LogP contribution in [-0.2, 0) is 4.79 Å². The largest absolute Gasteiger partial charge is 0.361 e. The molecule has 1 saturated heterocycles. The second kappa shape index (κ2) is 4.77. The van der Waals surface area contributed by atoms with Crippen LogP contribution in [0.3, 0.4) is 0 Å². The molecule has 0 radical (unpaired) electrons. The lowest BCUT2D eigenvalue weighted by atomic mass is 10.4. The maximum atomic E-state index is 11.7. The van der Waals surface area contributed by atoms with E-state index in [1.165, 1.54) is 0 Å². The molecular weight excluding hydrogens is 190 g/mol. The summed E-state index contributed by atoms with van der Waals surface area (Å²) in [5.41, 5.74) is 0. The van der Waals surface area contributed by atoms with Crippen LogP contribution >= 0.6 is 0 Å². The number of pyridine rings is 1. The van der Waals surface area contributed by atoms with Gasteiger partial charge in [-0.2, -0.15) is 0 Å². The molecule has 0 unspecified atom stereocenters. The van der Waals surface area contributed by atoms with Crippen LogP contribution in [-0.4, -0.2) is 35.4 Å². The van der Waals surface area contributed by atoms with Crippen molar-refractivity contribution in [3.63, 3.8) is 0 Å². The van der Waals surface area contributed by atoms with E-state index in [4.69, 9.17) is 0 Å². The SMILES string of the molecule is O=C(CNc1ccccn1)N1CCCC1. The minimum absolute atomic E-state index is 0.165. The standard InChI is InChI=1S/C11H15N3O/c15-11(14-7-3-4-8-14)9-13-10-5-1-2-6-12-10/h1-2,5-6H,3-4,7-9H2,(H,12,13). The third-order valence-electron chi connectivity index (χ3n) is 2.54. The normalized spacial score (nSPS) is 15.3. The van der Waals surface area contributed by atoms with Crippen molar-refractivity contribution in [1.82, 2.24) is 9.88 Å². The molecule has 1 fully saturated rings. The maximum absolute atomic E-state index is 11.7. The summed E-state index contributed by atoms with van der Waals surface area (Å²) < 4.78 is 0. The number of hydrogen-bond acceptors (Lipinski definition) is 3. The third-order valence-corrected chi connectivity index (χ3v) is 2.54. The van der Waals surface area contributed by atoms with E-state index in [0.29, 0.717) is 6.54 Å². The number of nitrogens with one attached hydrogen (secondary N) is 1. The molecule has 2 rings (SSSR count). The van der Waals surface area contributed by atoms with Crippen molar-refractivity contribution in [3.8, 4) is 0 Å². The van der Waals surface area contributed by atoms with Crippen molar-refractivity contribution in [2.24, 2.45) is 0 Å². The zero-order valence-electron chi connectivity index (χ0n) is 8.65. The number of rotatable bonds is 3. The van der Waals surface area contributed by atoms with E-state index in [9.17, 15) is 4.79 Å². The molecule has 0 saturated carbocycles. The number of aromatic nitrogens is 1. The number of nitrogens with zero attached hydrogens (tertiary/aromatic N) is 2. The number of hydrogen-bond donors (Lipinski definition) is 1. The van der Waals surface area contributed by atoms with Crippen LogP contribution in [0.5, 0.6) is 0 Å². The quantitative estimate of drug-likeness (QED) is 0.804. The monoisotopic (exact) mass is 205 g/mol. The van der Waals surface area contributed by atoms with Crippen molar-refractivity contribution >= 4 is 11.7 Å². The Balaban J connectivity index is 1.80. The van der Waals surface area contributed by atoms with E-state index in [-0.39, 0.29) is 5.91 Å². The van der Waals surface area contributed by atoms with Gasteiger partial charge in [0.05, 0.1) is 6.54 Å². The first-order valence-corrected chi connectivity index (χ1v) is 5.29. The number of anilines is 1. The van der Waals surface area contributed by atoms with Gasteiger partial charge in [0.2, 0.25) is 5.91 Å². The second-order valence-corrected chi connectivity index (χ2v) is 3.66. The summed E-state index contributed by atoms with van der Waals surface area (Å²) in [6, 6.07) is 5.61. The number of likely N-dealkylation sites (tertiary alicyclic amines) is 1. The molecule has 0 aliphatic carbocycles. The highest BCUT2D eigenvalue weighted by atomic mass is 16.2. The molecule has 4 heteroatoms. The minimum Gasteiger partial charge on any atom is -0.361 e. The van der Waals surface area contributed by atoms with Crippen LogP contribution in [0.1, 0.15) is 12.8 Å². The Hall–Kier alpha value is -1.58. The Morgan fingerprint density at radius 1 is 1.40 bits per heavy atom. The molecule has 4 nitrogen and oxygen atoms in total. The molecule has 2 heterocycles. The van der Waals surface area contributed by atoms with Crippen molar-refractivity contribution in [3.05, 3.63) is 24.4 Å². The lowest BCUT2D eigenvalue weighted by molar-refractivity contribution is -0.128. The fourth-order valence-electron chi connectivity index (χ4n) is 1.71. The minimum atomic E-state index is 0.165. The summed E-state index contributed by atoms with van der Waals surface area (Å²) in [5, 5.41) is 3.02. The average molecular weight is 205 g/mol. The van der Waals surface area contributed by atoms with Gasteiger partial charge < -0.3 is 10.2 Å². The second-order valence-electron chi connectivity index (χ2n) is 3.66. The summed E-state index contributed by atoms with van der Waals surface area (Å²) in [5.74, 6) is 0.920. The predicted octanol–water partition coefficient (Wildman–Crippen LogP) is 1.12. The van der Waals surface area contributed by atoms with Gasteiger partial charge in [0, 0.05) is 19.3 Å². The predicted molar refractivity (Wildman–Crippen MR) is 58.5 cm³/mol. The van der Waals surface area contributed by atoms with Gasteiger partial charge in [-0.25, -0.2) is 4.98 Å². The van der Waals surface area contributed by atoms with Gasteiger partial charge in [0.15, 0.2) is 0 Å². The smallest absolute Gasteiger partial charge is 0.241 e. The van der Waals surface area contributed by atoms with Crippen LogP contribution in [0.2, 0.25) is 0 Å². The van der Waals surface area contributed by atoms with Crippen molar-refractivity contribution in [2.75, 3.05) is 25.0 Å². The van der Waals surface area contributed by atoms with Gasteiger partial charge in [-0.15, -0.1) is 0 Å². The Morgan fingerprint density at radius 2 is 2.20 bits per heavy atom. The van der Waals surface area contributed by atoms with Gasteiger partial charge in [0.25, 0.3) is 0 Å². The lowest BCUT2D eigenvalue weighted by Crippen LogP contribution is -2.33. The Kier molecular flexibility index (Phi) is 3.17. The number of carbonyl (C=O) groups excluding carboxylic acids is 1. The molecule has 0 bridgehead atoms. The molecule has 0 spiro atoms. The van der Waals surface area contributed by atoms with E-state index < -0.39 is 0 Å². The summed E-state index contributed by atoms with van der Waals surface area (Å²) in [6.45, 7) is 2.16. The molecule has 1 aromatic rings. The highest BCUT2D eigenvalue weighted by Gasteiger charge is 2.17. The van der Waals surface area contributed by atoms with Gasteiger partial charge in [0.1, 0.15) is 5.82 Å². The molecule has 80 valence electrons. The molecule has 1 aromatic heterocycles. The molecule has 1 aliphatic rings. The fraction of sp³-hybridized carbons (Fsp3) is 0.455. The van der Waals surface area contributed by atoms with Crippen molar-refractivity contribution in [1.29, 1.82) is 0 Å². The van der Waals surface area contributed by atoms with E-state index in [1.807, 2.05) is 23.1 Å². The lowest BCUT2D eigenvalue weighted by Gasteiger charge is -2.15. The highest BCUT2D eigenvalue weighted by Crippen LogP contribution is 2.07. The summed E-state index contributed by atoms with van der Waals surface area (Å²) >= 11 is 0. The van der Waals surface area contributed by atoms with Crippen LogP contribution in [0.15, 0.2) is 24.4 Å². The molecule has 15 heavy (non-hydrogen) atoms.